The van der Waals surface area contributed by atoms with Gasteiger partial charge in [-0.1, -0.05) is 6.92 Å². The first kappa shape index (κ1) is 19.0. The molecule has 0 aliphatic carbocycles. The van der Waals surface area contributed by atoms with Crippen LogP contribution in [0.3, 0.4) is 0 Å². The molecular formula is C12H25NO5. The lowest BCUT2D eigenvalue weighted by molar-refractivity contribution is -0.138. The van der Waals surface area contributed by atoms with Crippen molar-refractivity contribution < 1.29 is 24.2 Å². The number of hydrogen-bond acceptors (Lipinski definition) is 4. The fraction of sp³-hybridized carbons (Fsp3) is 0.833. The van der Waals surface area contributed by atoms with Gasteiger partial charge in [-0.2, -0.15) is 0 Å². The average Bonchev–Trinajstić information content (AvgIpc) is 2.15. The molecule has 1 unspecified atom stereocenters. The number of aliphatic carboxylic acids is 1. The van der Waals surface area contributed by atoms with E-state index in [1.54, 1.807) is 7.11 Å². The van der Waals surface area contributed by atoms with Crippen molar-refractivity contribution in [2.24, 2.45) is 5.92 Å². The molecule has 0 aromatic carbocycles. The molecule has 0 rings (SSSR count). The number of nitrogens with one attached hydrogen (secondary N) is 1. The van der Waals surface area contributed by atoms with E-state index in [9.17, 15) is 9.59 Å². The number of rotatable bonds is 4. The van der Waals surface area contributed by atoms with E-state index in [-0.39, 0.29) is 24.0 Å². The van der Waals surface area contributed by atoms with Gasteiger partial charge in [-0.3, -0.25) is 4.79 Å². The molecule has 0 aliphatic heterocycles. The van der Waals surface area contributed by atoms with Crippen LogP contribution in [0.15, 0.2) is 0 Å². The monoisotopic (exact) mass is 263 g/mol. The molecule has 1 atom stereocenters. The summed E-state index contributed by atoms with van der Waals surface area (Å²) >= 11 is 0. The van der Waals surface area contributed by atoms with Gasteiger partial charge in [-0.15, -0.1) is 0 Å². The summed E-state index contributed by atoms with van der Waals surface area (Å²) in [6, 6.07) is 0. The third kappa shape index (κ3) is 17.1. The summed E-state index contributed by atoms with van der Waals surface area (Å²) in [6.45, 7) is 7.83. The minimum Gasteiger partial charge on any atom is -0.481 e. The average molecular weight is 263 g/mol. The second kappa shape index (κ2) is 9.70. The van der Waals surface area contributed by atoms with Gasteiger partial charge in [-0.25, -0.2) is 4.79 Å². The number of methoxy groups -OCH3 is 1. The van der Waals surface area contributed by atoms with E-state index in [2.05, 4.69) is 5.32 Å². The number of ether oxygens (including phenoxy) is 2. The van der Waals surface area contributed by atoms with Crippen LogP contribution in [0, 0.1) is 5.92 Å². The molecule has 0 fully saturated rings. The minimum absolute atomic E-state index is 0.118. The summed E-state index contributed by atoms with van der Waals surface area (Å²) in [5, 5.41) is 10.6. The van der Waals surface area contributed by atoms with Crippen molar-refractivity contribution in [1.29, 1.82) is 0 Å². The number of carboxylic acid groups (broad SMARTS) is 1. The highest BCUT2D eigenvalue weighted by Crippen LogP contribution is 2.05. The molecule has 0 spiro atoms. The smallest absolute Gasteiger partial charge is 0.407 e. The predicted molar refractivity (Wildman–Crippen MR) is 68.6 cm³/mol. The first-order valence-electron chi connectivity index (χ1n) is 5.73. The lowest BCUT2D eigenvalue weighted by atomic mass is 10.1. The molecule has 18 heavy (non-hydrogen) atoms. The van der Waals surface area contributed by atoms with E-state index >= 15 is 0 Å². The minimum atomic E-state index is -0.764. The van der Waals surface area contributed by atoms with Crippen molar-refractivity contribution in [3.8, 4) is 0 Å². The maximum atomic E-state index is 10.5. The normalized spacial score (nSPS) is 11.9. The van der Waals surface area contributed by atoms with Crippen LogP contribution >= 0.6 is 0 Å². The Morgan fingerprint density at radius 3 is 2.06 bits per heavy atom. The number of carboxylic acids is 1. The van der Waals surface area contributed by atoms with Crippen molar-refractivity contribution >= 4 is 12.1 Å². The standard InChI is InChI=1S/C6H13NO2.C6H12O3/c1-6(2,3)9-5(8)7-4;1-5(4-9-2)3-6(7)8/h1-4H3,(H,7,8);5H,3-4H2,1-2H3,(H,7,8). The number of hydrogen-bond donors (Lipinski definition) is 2. The third-order valence-corrected chi connectivity index (χ3v) is 1.58. The maximum absolute atomic E-state index is 10.5. The number of amides is 1. The predicted octanol–water partition coefficient (Wildman–Crippen LogP) is 1.88. The molecule has 0 heterocycles. The molecule has 0 saturated heterocycles. The quantitative estimate of drug-likeness (QED) is 0.809. The number of alkyl carbamates (subject to hydrolysis) is 1. The van der Waals surface area contributed by atoms with Crippen LogP contribution < -0.4 is 5.32 Å². The lowest BCUT2D eigenvalue weighted by Crippen LogP contribution is -2.30. The molecule has 0 bridgehead atoms. The van der Waals surface area contributed by atoms with Gasteiger partial charge in [0.1, 0.15) is 5.60 Å². The van der Waals surface area contributed by atoms with Gasteiger partial charge in [0.25, 0.3) is 0 Å². The van der Waals surface area contributed by atoms with Gasteiger partial charge in [0.05, 0.1) is 6.42 Å². The topological polar surface area (TPSA) is 84.9 Å². The summed E-state index contributed by atoms with van der Waals surface area (Å²) in [6.07, 6.45) is -0.198. The zero-order chi connectivity index (χ0) is 14.8. The van der Waals surface area contributed by atoms with Crippen molar-refractivity contribution in [1.82, 2.24) is 5.32 Å². The maximum Gasteiger partial charge on any atom is 0.407 e. The molecule has 1 amide bonds. The Labute approximate surface area is 109 Å². The largest absolute Gasteiger partial charge is 0.481 e. The Kier molecular flexibility index (Phi) is 10.3. The first-order chi connectivity index (χ1) is 8.12. The van der Waals surface area contributed by atoms with E-state index in [0.717, 1.165) is 0 Å². The van der Waals surface area contributed by atoms with Crippen LogP contribution in [0.25, 0.3) is 0 Å². The lowest BCUT2D eigenvalue weighted by Gasteiger charge is -2.18. The Morgan fingerprint density at radius 1 is 1.33 bits per heavy atom. The van der Waals surface area contributed by atoms with E-state index in [1.807, 2.05) is 27.7 Å². The highest BCUT2D eigenvalue weighted by molar-refractivity contribution is 5.67. The Hall–Kier alpha value is -1.30. The van der Waals surface area contributed by atoms with E-state index < -0.39 is 5.97 Å². The Bertz CT molecular complexity index is 247. The molecule has 0 aliphatic rings. The fourth-order valence-electron chi connectivity index (χ4n) is 0.971. The first-order valence-corrected chi connectivity index (χ1v) is 5.73. The van der Waals surface area contributed by atoms with Gasteiger partial charge >= 0.3 is 12.1 Å². The van der Waals surface area contributed by atoms with Gasteiger partial charge < -0.3 is 19.9 Å². The molecule has 6 nitrogen and oxygen atoms in total. The van der Waals surface area contributed by atoms with Crippen LogP contribution in [0.4, 0.5) is 4.79 Å². The van der Waals surface area contributed by atoms with Gasteiger partial charge in [0, 0.05) is 20.8 Å². The molecule has 0 aromatic rings. The van der Waals surface area contributed by atoms with Crippen LogP contribution in [0.1, 0.15) is 34.1 Å². The van der Waals surface area contributed by atoms with E-state index in [0.29, 0.717) is 6.61 Å². The zero-order valence-corrected chi connectivity index (χ0v) is 12.1. The SMILES string of the molecule is CNC(=O)OC(C)(C)C.COCC(C)CC(=O)O. The molecule has 0 radical (unpaired) electrons. The van der Waals surface area contributed by atoms with Crippen molar-refractivity contribution in [2.75, 3.05) is 20.8 Å². The second-order valence-electron chi connectivity index (χ2n) is 4.91. The van der Waals surface area contributed by atoms with E-state index in [4.69, 9.17) is 14.6 Å². The second-order valence-corrected chi connectivity index (χ2v) is 4.91. The van der Waals surface area contributed by atoms with Crippen molar-refractivity contribution in [3.05, 3.63) is 0 Å². The summed E-state index contributed by atoms with van der Waals surface area (Å²) in [4.78, 5) is 20.5. The van der Waals surface area contributed by atoms with E-state index in [1.165, 1.54) is 7.05 Å². The van der Waals surface area contributed by atoms with Crippen LogP contribution in [0.5, 0.6) is 0 Å². The van der Waals surface area contributed by atoms with Gasteiger partial charge in [-0.05, 0) is 26.7 Å². The fourth-order valence-corrected chi connectivity index (χ4v) is 0.971. The van der Waals surface area contributed by atoms with Gasteiger partial charge in [0.2, 0.25) is 0 Å². The van der Waals surface area contributed by atoms with Crippen molar-refractivity contribution in [2.45, 2.75) is 39.7 Å². The Balaban J connectivity index is 0. The molecule has 2 N–H and O–H groups in total. The summed E-state index contributed by atoms with van der Waals surface area (Å²) in [5.41, 5.74) is -0.389. The summed E-state index contributed by atoms with van der Waals surface area (Å²) in [7, 11) is 3.10. The van der Waals surface area contributed by atoms with Crippen LogP contribution in [0.2, 0.25) is 0 Å². The summed E-state index contributed by atoms with van der Waals surface area (Å²) in [5.74, 6) is -0.646. The molecule has 0 saturated carbocycles. The Morgan fingerprint density at radius 2 is 1.83 bits per heavy atom. The molecule has 6 heteroatoms. The number of carbonyl (C=O) groups excluding carboxylic acids is 1. The molecule has 108 valence electrons. The highest BCUT2D eigenvalue weighted by Gasteiger charge is 2.13. The van der Waals surface area contributed by atoms with Crippen LogP contribution in [-0.4, -0.2) is 43.5 Å². The molecule has 0 aromatic heterocycles. The molecular weight excluding hydrogens is 238 g/mol. The third-order valence-electron chi connectivity index (χ3n) is 1.58. The number of carbonyl (C=O) groups is 2. The summed E-state index contributed by atoms with van der Waals surface area (Å²) < 4.78 is 9.58. The highest BCUT2D eigenvalue weighted by atomic mass is 16.6. The van der Waals surface area contributed by atoms with Crippen molar-refractivity contribution in [3.63, 3.8) is 0 Å². The van der Waals surface area contributed by atoms with Crippen LogP contribution in [-0.2, 0) is 14.3 Å². The zero-order valence-electron chi connectivity index (χ0n) is 12.1. The van der Waals surface area contributed by atoms with Gasteiger partial charge in [0.15, 0.2) is 0 Å².